The molecule has 0 radical (unpaired) electrons. The smallest absolute Gasteiger partial charge is 0.331 e. The standard InChI is InChI=1S/C20H32N4O4/c1-6-20(7-2,19(26)27-5)23-17(25)15-13-21-16(18(22-15)28-14(3)4)24-11-9-8-10-12-24/h13-14H,6-12H2,1-5H3,(H,23,25). The molecule has 0 aromatic carbocycles. The Balaban J connectivity index is 2.31. The minimum absolute atomic E-state index is 0.100. The number of anilines is 1. The normalized spacial score (nSPS) is 14.7. The van der Waals surface area contributed by atoms with E-state index in [9.17, 15) is 9.59 Å². The van der Waals surface area contributed by atoms with Crippen molar-refractivity contribution in [3.05, 3.63) is 11.9 Å². The number of rotatable bonds is 8. The van der Waals surface area contributed by atoms with Crippen molar-refractivity contribution >= 4 is 17.7 Å². The zero-order chi connectivity index (χ0) is 20.7. The highest BCUT2D eigenvalue weighted by atomic mass is 16.5. The van der Waals surface area contributed by atoms with Crippen LogP contribution in [0.15, 0.2) is 6.20 Å². The van der Waals surface area contributed by atoms with Crippen LogP contribution in [0.4, 0.5) is 5.82 Å². The molecule has 1 saturated heterocycles. The maximum Gasteiger partial charge on any atom is 0.331 e. The van der Waals surface area contributed by atoms with Gasteiger partial charge in [0.2, 0.25) is 0 Å². The zero-order valence-electron chi connectivity index (χ0n) is 17.6. The molecular formula is C20H32N4O4. The Kier molecular flexibility index (Phi) is 7.60. The SMILES string of the molecule is CCC(CC)(NC(=O)c1cnc(N2CCCCC2)c(OC(C)C)n1)C(=O)OC. The molecule has 8 nitrogen and oxygen atoms in total. The van der Waals surface area contributed by atoms with E-state index < -0.39 is 17.4 Å². The number of carbonyl (C=O) groups is 2. The summed E-state index contributed by atoms with van der Waals surface area (Å²) < 4.78 is 10.7. The molecule has 156 valence electrons. The fourth-order valence-corrected chi connectivity index (χ4v) is 3.34. The van der Waals surface area contributed by atoms with Crippen molar-refractivity contribution in [2.75, 3.05) is 25.1 Å². The highest BCUT2D eigenvalue weighted by Crippen LogP contribution is 2.28. The van der Waals surface area contributed by atoms with Gasteiger partial charge >= 0.3 is 5.97 Å². The van der Waals surface area contributed by atoms with Crippen molar-refractivity contribution in [2.45, 2.75) is 71.4 Å². The zero-order valence-corrected chi connectivity index (χ0v) is 17.6. The number of esters is 1. The van der Waals surface area contributed by atoms with Crippen molar-refractivity contribution in [3.8, 4) is 5.88 Å². The van der Waals surface area contributed by atoms with Crippen LogP contribution in [0.2, 0.25) is 0 Å². The Labute approximate surface area is 167 Å². The van der Waals surface area contributed by atoms with E-state index in [2.05, 4.69) is 20.2 Å². The molecule has 1 aliphatic rings. The van der Waals surface area contributed by atoms with Crippen LogP contribution in [0.1, 0.15) is 70.3 Å². The molecule has 1 fully saturated rings. The average Bonchev–Trinajstić information content (AvgIpc) is 2.71. The van der Waals surface area contributed by atoms with Crippen LogP contribution in [-0.2, 0) is 9.53 Å². The Morgan fingerprint density at radius 3 is 2.39 bits per heavy atom. The highest BCUT2D eigenvalue weighted by molar-refractivity contribution is 5.96. The second kappa shape index (κ2) is 9.71. The summed E-state index contributed by atoms with van der Waals surface area (Å²) in [6.07, 6.45) is 5.57. The molecule has 0 saturated carbocycles. The predicted octanol–water partition coefficient (Wildman–Crippen LogP) is 2.72. The van der Waals surface area contributed by atoms with Crippen LogP contribution >= 0.6 is 0 Å². The van der Waals surface area contributed by atoms with E-state index in [0.29, 0.717) is 24.5 Å². The van der Waals surface area contributed by atoms with E-state index >= 15 is 0 Å². The number of carbonyl (C=O) groups excluding carboxylic acids is 2. The molecule has 2 heterocycles. The molecule has 2 rings (SSSR count). The number of methoxy groups -OCH3 is 1. The summed E-state index contributed by atoms with van der Waals surface area (Å²) in [6, 6.07) is 0. The molecule has 0 unspecified atom stereocenters. The fourth-order valence-electron chi connectivity index (χ4n) is 3.34. The van der Waals surface area contributed by atoms with Gasteiger partial charge in [-0.05, 0) is 46.0 Å². The number of aromatic nitrogens is 2. The average molecular weight is 393 g/mol. The Hall–Kier alpha value is -2.38. The van der Waals surface area contributed by atoms with Gasteiger partial charge in [-0.2, -0.15) is 0 Å². The molecule has 0 atom stereocenters. The summed E-state index contributed by atoms with van der Waals surface area (Å²) in [5, 5.41) is 2.79. The van der Waals surface area contributed by atoms with Gasteiger partial charge < -0.3 is 19.7 Å². The maximum absolute atomic E-state index is 12.8. The number of ether oxygens (including phenoxy) is 2. The van der Waals surface area contributed by atoms with E-state index in [1.165, 1.54) is 19.7 Å². The summed E-state index contributed by atoms with van der Waals surface area (Å²) in [5.41, 5.74) is -0.968. The molecule has 8 heteroatoms. The van der Waals surface area contributed by atoms with Gasteiger partial charge in [-0.25, -0.2) is 14.8 Å². The predicted molar refractivity (Wildman–Crippen MR) is 107 cm³/mol. The van der Waals surface area contributed by atoms with Crippen LogP contribution in [0.25, 0.3) is 0 Å². The Bertz CT molecular complexity index is 683. The summed E-state index contributed by atoms with van der Waals surface area (Å²) in [5.74, 6) is 0.0687. The highest BCUT2D eigenvalue weighted by Gasteiger charge is 2.38. The largest absolute Gasteiger partial charge is 0.472 e. The third-order valence-corrected chi connectivity index (χ3v) is 5.09. The van der Waals surface area contributed by atoms with Gasteiger partial charge in [0.05, 0.1) is 19.4 Å². The second-order valence-corrected chi connectivity index (χ2v) is 7.33. The third-order valence-electron chi connectivity index (χ3n) is 5.09. The fraction of sp³-hybridized carbons (Fsp3) is 0.700. The first kappa shape index (κ1) is 21.9. The van der Waals surface area contributed by atoms with Gasteiger partial charge in [-0.3, -0.25) is 4.79 Å². The molecular weight excluding hydrogens is 360 g/mol. The quantitative estimate of drug-likeness (QED) is 0.680. The lowest BCUT2D eigenvalue weighted by molar-refractivity contribution is -0.148. The topological polar surface area (TPSA) is 93.7 Å². The van der Waals surface area contributed by atoms with E-state index in [0.717, 1.165) is 25.9 Å². The second-order valence-electron chi connectivity index (χ2n) is 7.33. The molecule has 1 amide bonds. The molecule has 0 bridgehead atoms. The molecule has 28 heavy (non-hydrogen) atoms. The number of hydrogen-bond acceptors (Lipinski definition) is 7. The minimum Gasteiger partial charge on any atom is -0.472 e. The van der Waals surface area contributed by atoms with Crippen molar-refractivity contribution in [2.24, 2.45) is 0 Å². The molecule has 1 aliphatic heterocycles. The van der Waals surface area contributed by atoms with Gasteiger partial charge in [0.1, 0.15) is 5.54 Å². The number of hydrogen-bond donors (Lipinski definition) is 1. The minimum atomic E-state index is -1.09. The Morgan fingerprint density at radius 2 is 1.86 bits per heavy atom. The lowest BCUT2D eigenvalue weighted by Crippen LogP contribution is -2.54. The van der Waals surface area contributed by atoms with Crippen LogP contribution in [0.5, 0.6) is 5.88 Å². The van der Waals surface area contributed by atoms with Crippen LogP contribution in [0.3, 0.4) is 0 Å². The third kappa shape index (κ3) is 4.91. The summed E-state index contributed by atoms with van der Waals surface area (Å²) in [6.45, 7) is 9.27. The van der Waals surface area contributed by atoms with E-state index in [1.54, 1.807) is 0 Å². The lowest BCUT2D eigenvalue weighted by atomic mass is 9.92. The van der Waals surface area contributed by atoms with Crippen LogP contribution < -0.4 is 15.0 Å². The van der Waals surface area contributed by atoms with Gasteiger partial charge in [-0.15, -0.1) is 0 Å². The summed E-state index contributed by atoms with van der Waals surface area (Å²) >= 11 is 0. The van der Waals surface area contributed by atoms with Crippen LogP contribution in [0, 0.1) is 0 Å². The number of nitrogens with zero attached hydrogens (tertiary/aromatic N) is 3. The van der Waals surface area contributed by atoms with Crippen molar-refractivity contribution in [1.29, 1.82) is 0 Å². The first-order valence-electron chi connectivity index (χ1n) is 10.1. The monoisotopic (exact) mass is 392 g/mol. The Morgan fingerprint density at radius 1 is 1.21 bits per heavy atom. The molecule has 1 aromatic heterocycles. The molecule has 0 aliphatic carbocycles. The van der Waals surface area contributed by atoms with Gasteiger partial charge in [0.15, 0.2) is 11.5 Å². The van der Waals surface area contributed by atoms with Crippen molar-refractivity contribution in [3.63, 3.8) is 0 Å². The van der Waals surface area contributed by atoms with Crippen LogP contribution in [-0.4, -0.2) is 53.7 Å². The lowest BCUT2D eigenvalue weighted by Gasteiger charge is -2.30. The van der Waals surface area contributed by atoms with Gasteiger partial charge in [0.25, 0.3) is 11.8 Å². The number of nitrogens with one attached hydrogen (secondary N) is 1. The van der Waals surface area contributed by atoms with E-state index in [1.807, 2.05) is 27.7 Å². The van der Waals surface area contributed by atoms with E-state index in [4.69, 9.17) is 9.47 Å². The van der Waals surface area contributed by atoms with E-state index in [-0.39, 0.29) is 11.8 Å². The van der Waals surface area contributed by atoms with Gasteiger partial charge in [0, 0.05) is 13.1 Å². The first-order chi connectivity index (χ1) is 13.4. The van der Waals surface area contributed by atoms with Gasteiger partial charge in [-0.1, -0.05) is 13.8 Å². The summed E-state index contributed by atoms with van der Waals surface area (Å²) in [7, 11) is 1.32. The molecule has 0 spiro atoms. The van der Waals surface area contributed by atoms with Crippen molar-refractivity contribution in [1.82, 2.24) is 15.3 Å². The summed E-state index contributed by atoms with van der Waals surface area (Å²) in [4.78, 5) is 36.1. The molecule has 1 aromatic rings. The number of piperidine rings is 1. The van der Waals surface area contributed by atoms with Crippen molar-refractivity contribution < 1.29 is 19.1 Å². The maximum atomic E-state index is 12.8. The molecule has 1 N–H and O–H groups in total. The number of amides is 1. The first-order valence-corrected chi connectivity index (χ1v) is 10.1.